The maximum absolute atomic E-state index is 10.8. The molecule has 8 unspecified atom stereocenters. The maximum atomic E-state index is 10.8. The fraction of sp³-hybridized carbons (Fsp3) is 1.00. The zero-order chi connectivity index (χ0) is 18.2. The number of hydrogen-bond acceptors (Lipinski definition) is 12. The molecule has 0 aromatic rings. The van der Waals surface area contributed by atoms with Crippen LogP contribution in [0.2, 0.25) is 0 Å². The molecule has 0 saturated carbocycles. The second kappa shape index (κ2) is 10.4. The molecule has 0 spiro atoms. The van der Waals surface area contributed by atoms with Crippen molar-refractivity contribution in [2.75, 3.05) is 6.54 Å². The third kappa shape index (κ3) is 5.60. The molecule has 0 radical (unpaired) electrons. The van der Waals surface area contributed by atoms with E-state index < -0.39 is 55.3 Å². The summed E-state index contributed by atoms with van der Waals surface area (Å²) < 4.78 is 0. The average molecular weight is 339 g/mol. The van der Waals surface area contributed by atoms with Gasteiger partial charge in [0.15, 0.2) is 0 Å². The van der Waals surface area contributed by atoms with Crippen molar-refractivity contribution in [2.45, 2.75) is 62.1 Å². The Bertz CT molecular complexity index is 386. The molecule has 12 nitrogen and oxygen atoms in total. The standard InChI is InChI=1S/C11H21N3O9/c1-2-4(13-22)7(16)11(20)10(19)6(14-23)9(18)8(17)5(15)3-12-21/h4-11,15-20H,2-3H2,1H3. The van der Waals surface area contributed by atoms with Crippen LogP contribution in [-0.2, 0) is 0 Å². The van der Waals surface area contributed by atoms with Crippen molar-refractivity contribution >= 4 is 0 Å². The Labute approximate surface area is 130 Å². The minimum atomic E-state index is -2.17. The van der Waals surface area contributed by atoms with Gasteiger partial charge in [-0.1, -0.05) is 22.5 Å². The van der Waals surface area contributed by atoms with Gasteiger partial charge in [0, 0.05) is 0 Å². The Morgan fingerprint density at radius 1 is 0.739 bits per heavy atom. The van der Waals surface area contributed by atoms with Crippen molar-refractivity contribution in [3.63, 3.8) is 0 Å². The summed E-state index contributed by atoms with van der Waals surface area (Å²) in [5.41, 5.74) is 0. The van der Waals surface area contributed by atoms with Crippen LogP contribution in [0.1, 0.15) is 13.3 Å². The lowest BCUT2D eigenvalue weighted by molar-refractivity contribution is -0.117. The first-order chi connectivity index (χ1) is 10.8. The summed E-state index contributed by atoms with van der Waals surface area (Å²) >= 11 is 0. The first-order valence-corrected chi connectivity index (χ1v) is 6.79. The molecule has 134 valence electrons. The molecule has 0 fully saturated rings. The van der Waals surface area contributed by atoms with Gasteiger partial charge in [0.1, 0.15) is 55.3 Å². The summed E-state index contributed by atoms with van der Waals surface area (Å²) in [6.45, 7) is 0.684. The molecule has 0 aromatic heterocycles. The number of hydrogen-bond donors (Lipinski definition) is 6. The molecule has 0 aliphatic carbocycles. The molecule has 12 heteroatoms. The highest BCUT2D eigenvalue weighted by molar-refractivity contribution is 4.96. The summed E-state index contributed by atoms with van der Waals surface area (Å²) in [5.74, 6) is 0. The topological polar surface area (TPSA) is 210 Å². The van der Waals surface area contributed by atoms with E-state index in [0.29, 0.717) is 0 Å². The lowest BCUT2D eigenvalue weighted by Gasteiger charge is -2.31. The normalized spacial score (nSPS) is 22.0. The van der Waals surface area contributed by atoms with Crippen LogP contribution in [0.4, 0.5) is 0 Å². The van der Waals surface area contributed by atoms with Crippen molar-refractivity contribution in [1.29, 1.82) is 0 Å². The number of aliphatic hydroxyl groups is 6. The van der Waals surface area contributed by atoms with E-state index in [1.807, 2.05) is 0 Å². The molecule has 0 aromatic carbocycles. The summed E-state index contributed by atoms with van der Waals surface area (Å²) in [6.07, 6.45) is -12.1. The molecule has 8 atom stereocenters. The summed E-state index contributed by atoms with van der Waals surface area (Å²) in [6, 6.07) is -3.33. The number of nitroso groups, excluding NO2 is 3. The minimum absolute atomic E-state index is 0.0303. The van der Waals surface area contributed by atoms with Gasteiger partial charge in [0.05, 0.1) is 0 Å². The van der Waals surface area contributed by atoms with Gasteiger partial charge in [-0.15, -0.1) is 0 Å². The van der Waals surface area contributed by atoms with Crippen molar-refractivity contribution in [3.05, 3.63) is 14.7 Å². The average Bonchev–Trinajstić information content (AvgIpc) is 2.54. The molecular weight excluding hydrogens is 318 g/mol. The molecule has 23 heavy (non-hydrogen) atoms. The Balaban J connectivity index is 5.09. The Hall–Kier alpha value is -1.44. The molecule has 0 aliphatic heterocycles. The van der Waals surface area contributed by atoms with E-state index in [9.17, 15) is 45.4 Å². The van der Waals surface area contributed by atoms with Gasteiger partial charge in [-0.3, -0.25) is 0 Å². The van der Waals surface area contributed by atoms with Gasteiger partial charge < -0.3 is 30.6 Å². The van der Waals surface area contributed by atoms with Crippen LogP contribution in [0.5, 0.6) is 0 Å². The van der Waals surface area contributed by atoms with Crippen LogP contribution >= 0.6 is 0 Å². The summed E-state index contributed by atoms with van der Waals surface area (Å²) in [7, 11) is 0. The molecule has 0 aliphatic rings. The number of rotatable bonds is 12. The van der Waals surface area contributed by atoms with Crippen molar-refractivity contribution in [2.24, 2.45) is 15.5 Å². The van der Waals surface area contributed by atoms with E-state index in [2.05, 4.69) is 15.5 Å². The van der Waals surface area contributed by atoms with Crippen molar-refractivity contribution < 1.29 is 30.6 Å². The molecule has 0 saturated heterocycles. The third-order valence-corrected chi connectivity index (χ3v) is 3.47. The third-order valence-electron chi connectivity index (χ3n) is 3.47. The quantitative estimate of drug-likeness (QED) is 0.209. The van der Waals surface area contributed by atoms with Crippen molar-refractivity contribution in [1.82, 2.24) is 0 Å². The van der Waals surface area contributed by atoms with Gasteiger partial charge in [-0.05, 0) is 6.42 Å². The van der Waals surface area contributed by atoms with E-state index in [1.165, 1.54) is 6.92 Å². The molecule has 0 bridgehead atoms. The van der Waals surface area contributed by atoms with Crippen LogP contribution in [0.15, 0.2) is 15.5 Å². The van der Waals surface area contributed by atoms with Crippen LogP contribution in [0.25, 0.3) is 0 Å². The molecule has 0 rings (SSSR count). The highest BCUT2D eigenvalue weighted by Gasteiger charge is 2.43. The van der Waals surface area contributed by atoms with E-state index in [4.69, 9.17) is 0 Å². The Morgan fingerprint density at radius 3 is 1.65 bits per heavy atom. The molecular formula is C11H21N3O9. The first kappa shape index (κ1) is 21.6. The van der Waals surface area contributed by atoms with E-state index >= 15 is 0 Å². The summed E-state index contributed by atoms with van der Waals surface area (Å²) in [5, 5.41) is 65.2. The second-order valence-corrected chi connectivity index (χ2v) is 5.01. The number of aliphatic hydroxyl groups excluding tert-OH is 6. The predicted octanol–water partition coefficient (Wildman–Crippen LogP) is -2.40. The SMILES string of the molecule is CCC(N=O)C(O)C(O)C(O)C(N=O)C(O)C(O)C(O)CN=O. The van der Waals surface area contributed by atoms with E-state index in [1.54, 1.807) is 0 Å². The maximum Gasteiger partial charge on any atom is 0.149 e. The second-order valence-electron chi connectivity index (χ2n) is 5.01. The number of nitrogens with zero attached hydrogens (tertiary/aromatic N) is 3. The van der Waals surface area contributed by atoms with Crippen LogP contribution < -0.4 is 0 Å². The Morgan fingerprint density at radius 2 is 1.26 bits per heavy atom. The van der Waals surface area contributed by atoms with E-state index in [0.717, 1.165) is 0 Å². The lowest BCUT2D eigenvalue weighted by Crippen LogP contribution is -2.55. The molecule has 0 heterocycles. The highest BCUT2D eigenvalue weighted by Crippen LogP contribution is 2.19. The van der Waals surface area contributed by atoms with Crippen molar-refractivity contribution in [3.8, 4) is 0 Å². The van der Waals surface area contributed by atoms with E-state index in [-0.39, 0.29) is 6.42 Å². The first-order valence-electron chi connectivity index (χ1n) is 6.79. The van der Waals surface area contributed by atoms with Gasteiger partial charge in [0.2, 0.25) is 0 Å². The Kier molecular flexibility index (Phi) is 9.71. The fourth-order valence-corrected chi connectivity index (χ4v) is 1.95. The molecule has 6 N–H and O–H groups in total. The van der Waals surface area contributed by atoms with Crippen LogP contribution in [-0.4, -0.2) is 85.9 Å². The van der Waals surface area contributed by atoms with Gasteiger partial charge in [-0.25, -0.2) is 0 Å². The zero-order valence-electron chi connectivity index (χ0n) is 12.3. The predicted molar refractivity (Wildman–Crippen MR) is 76.2 cm³/mol. The van der Waals surface area contributed by atoms with Gasteiger partial charge in [-0.2, -0.15) is 14.7 Å². The monoisotopic (exact) mass is 339 g/mol. The lowest BCUT2D eigenvalue weighted by atomic mass is 9.90. The zero-order valence-corrected chi connectivity index (χ0v) is 12.3. The summed E-state index contributed by atoms with van der Waals surface area (Å²) in [4.78, 5) is 31.3. The largest absolute Gasteiger partial charge is 0.388 e. The smallest absolute Gasteiger partial charge is 0.149 e. The van der Waals surface area contributed by atoms with Gasteiger partial charge in [0.25, 0.3) is 0 Å². The molecule has 0 amide bonds. The van der Waals surface area contributed by atoms with Gasteiger partial charge >= 0.3 is 0 Å². The van der Waals surface area contributed by atoms with Crippen LogP contribution in [0, 0.1) is 14.7 Å². The fourth-order valence-electron chi connectivity index (χ4n) is 1.95. The van der Waals surface area contributed by atoms with Crippen LogP contribution in [0.3, 0.4) is 0 Å². The minimum Gasteiger partial charge on any atom is -0.388 e. The highest BCUT2D eigenvalue weighted by atomic mass is 16.4.